The molecule has 0 fully saturated rings. The molecule has 2 atom stereocenters. The van der Waals surface area contributed by atoms with Crippen molar-refractivity contribution in [1.82, 2.24) is 9.97 Å². The number of nitrogens with zero attached hydrogens (tertiary/aromatic N) is 3. The Bertz CT molecular complexity index is 867. The molecule has 0 bridgehead atoms. The van der Waals surface area contributed by atoms with Gasteiger partial charge in [-0.15, -0.1) is 0 Å². The quantitative estimate of drug-likeness (QED) is 0.644. The van der Waals surface area contributed by atoms with E-state index < -0.39 is 6.10 Å². The molecule has 146 valence electrons. The van der Waals surface area contributed by atoms with Gasteiger partial charge in [-0.1, -0.05) is 12.1 Å². The Kier molecular flexibility index (Phi) is 6.61. The highest BCUT2D eigenvalue weighted by Gasteiger charge is 2.16. The molecule has 2 heterocycles. The predicted molar refractivity (Wildman–Crippen MR) is 113 cm³/mol. The lowest BCUT2D eigenvalue weighted by Gasteiger charge is -2.20. The molecule has 0 saturated heterocycles. The van der Waals surface area contributed by atoms with E-state index in [1.165, 1.54) is 0 Å². The highest BCUT2D eigenvalue weighted by Crippen LogP contribution is 2.24. The normalized spacial score (nSPS) is 13.0. The molecule has 5 heteroatoms. The third kappa shape index (κ3) is 5.30. The summed E-state index contributed by atoms with van der Waals surface area (Å²) in [6.07, 6.45) is 4.15. The molecule has 0 aliphatic heterocycles. The van der Waals surface area contributed by atoms with Crippen LogP contribution in [0.15, 0.2) is 67.0 Å². The molecule has 0 unspecified atom stereocenters. The predicted octanol–water partition coefficient (Wildman–Crippen LogP) is 3.97. The summed E-state index contributed by atoms with van der Waals surface area (Å²) in [7, 11) is 3.95. The zero-order chi connectivity index (χ0) is 19.9. The zero-order valence-electron chi connectivity index (χ0n) is 16.6. The van der Waals surface area contributed by atoms with Crippen LogP contribution in [0.5, 0.6) is 5.75 Å². The minimum absolute atomic E-state index is 0.294. The Labute approximate surface area is 166 Å². The number of aromatic nitrogens is 2. The third-order valence-electron chi connectivity index (χ3n) is 4.66. The first-order valence-corrected chi connectivity index (χ1v) is 9.51. The number of hydrogen-bond donors (Lipinski definition) is 1. The van der Waals surface area contributed by atoms with Crippen molar-refractivity contribution in [2.45, 2.75) is 32.0 Å². The number of benzene rings is 1. The Morgan fingerprint density at radius 3 is 2.50 bits per heavy atom. The van der Waals surface area contributed by atoms with Crippen LogP contribution in [-0.2, 0) is 6.42 Å². The molecule has 2 aromatic heterocycles. The fourth-order valence-electron chi connectivity index (χ4n) is 2.93. The summed E-state index contributed by atoms with van der Waals surface area (Å²) in [4.78, 5) is 10.7. The van der Waals surface area contributed by atoms with Crippen molar-refractivity contribution in [1.29, 1.82) is 0 Å². The Morgan fingerprint density at radius 1 is 1.04 bits per heavy atom. The molecule has 3 aromatic rings. The molecule has 1 N–H and O–H groups in total. The van der Waals surface area contributed by atoms with Gasteiger partial charge in [-0.2, -0.15) is 0 Å². The van der Waals surface area contributed by atoms with Crippen molar-refractivity contribution >= 4 is 5.82 Å². The summed E-state index contributed by atoms with van der Waals surface area (Å²) in [6, 6.07) is 17.7. The molecule has 1 aromatic carbocycles. The monoisotopic (exact) mass is 377 g/mol. The summed E-state index contributed by atoms with van der Waals surface area (Å²) >= 11 is 0. The van der Waals surface area contributed by atoms with Gasteiger partial charge in [-0.3, -0.25) is 4.98 Å². The first-order chi connectivity index (χ1) is 13.5. The van der Waals surface area contributed by atoms with Gasteiger partial charge in [-0.05, 0) is 67.8 Å². The van der Waals surface area contributed by atoms with Gasteiger partial charge in [0.05, 0.1) is 11.8 Å². The standard InChI is InChI=1S/C23H27N3O2/c1-17(22(27)14-9-18-6-5-15-24-16-18)28-20-12-10-19(11-13-20)21-7-4-8-23(25-21)26(2)3/h4-8,10-13,15-17,22,27H,9,14H2,1-3H3/t17-,22+/m0/s1. The first-order valence-electron chi connectivity index (χ1n) is 9.51. The molecule has 0 spiro atoms. The number of anilines is 1. The summed E-state index contributed by atoms with van der Waals surface area (Å²) in [5.41, 5.74) is 3.06. The highest BCUT2D eigenvalue weighted by atomic mass is 16.5. The second-order valence-corrected chi connectivity index (χ2v) is 7.09. The highest BCUT2D eigenvalue weighted by molar-refractivity contribution is 5.62. The van der Waals surface area contributed by atoms with E-state index >= 15 is 0 Å². The van der Waals surface area contributed by atoms with Crippen LogP contribution in [0.2, 0.25) is 0 Å². The van der Waals surface area contributed by atoms with E-state index in [-0.39, 0.29) is 6.10 Å². The van der Waals surface area contributed by atoms with E-state index in [4.69, 9.17) is 4.74 Å². The lowest BCUT2D eigenvalue weighted by atomic mass is 10.1. The van der Waals surface area contributed by atoms with Gasteiger partial charge in [0.2, 0.25) is 0 Å². The second kappa shape index (κ2) is 9.33. The minimum atomic E-state index is -0.543. The maximum absolute atomic E-state index is 10.4. The van der Waals surface area contributed by atoms with E-state index in [1.54, 1.807) is 6.20 Å². The maximum atomic E-state index is 10.4. The van der Waals surface area contributed by atoms with Crippen molar-refractivity contribution in [3.05, 3.63) is 72.6 Å². The number of rotatable bonds is 8. The first kappa shape index (κ1) is 19.8. The molecule has 5 nitrogen and oxygen atoms in total. The molecular weight excluding hydrogens is 350 g/mol. The van der Waals surface area contributed by atoms with Crippen LogP contribution < -0.4 is 9.64 Å². The van der Waals surface area contributed by atoms with Crippen molar-refractivity contribution in [2.75, 3.05) is 19.0 Å². The Morgan fingerprint density at radius 2 is 1.82 bits per heavy atom. The summed E-state index contributed by atoms with van der Waals surface area (Å²) < 4.78 is 5.92. The van der Waals surface area contributed by atoms with Crippen LogP contribution in [0.25, 0.3) is 11.3 Å². The number of aryl methyl sites for hydroxylation is 1. The van der Waals surface area contributed by atoms with E-state index in [1.807, 2.05) is 86.7 Å². The lowest BCUT2D eigenvalue weighted by molar-refractivity contribution is 0.0420. The fourth-order valence-corrected chi connectivity index (χ4v) is 2.93. The fraction of sp³-hybridized carbons (Fsp3) is 0.304. The average molecular weight is 377 g/mol. The average Bonchev–Trinajstić information content (AvgIpc) is 2.73. The molecule has 28 heavy (non-hydrogen) atoms. The molecule has 0 saturated carbocycles. The van der Waals surface area contributed by atoms with Crippen molar-refractivity contribution < 1.29 is 9.84 Å². The smallest absolute Gasteiger partial charge is 0.128 e. The maximum Gasteiger partial charge on any atom is 0.128 e. The van der Waals surface area contributed by atoms with E-state index in [2.05, 4.69) is 9.97 Å². The van der Waals surface area contributed by atoms with E-state index in [0.29, 0.717) is 6.42 Å². The van der Waals surface area contributed by atoms with Gasteiger partial charge in [0, 0.05) is 32.1 Å². The van der Waals surface area contributed by atoms with Crippen LogP contribution in [-0.4, -0.2) is 41.4 Å². The molecule has 3 rings (SSSR count). The minimum Gasteiger partial charge on any atom is -0.488 e. The summed E-state index contributed by atoms with van der Waals surface area (Å²) in [5.74, 6) is 1.66. The van der Waals surface area contributed by atoms with Crippen LogP contribution in [0, 0.1) is 0 Å². The SMILES string of the molecule is C[C@H](Oc1ccc(-c2cccc(N(C)C)n2)cc1)[C@H](O)CCc1cccnc1. The van der Waals surface area contributed by atoms with Gasteiger partial charge >= 0.3 is 0 Å². The number of aliphatic hydroxyl groups is 1. The topological polar surface area (TPSA) is 58.5 Å². The molecule has 0 aliphatic rings. The van der Waals surface area contributed by atoms with Gasteiger partial charge in [0.15, 0.2) is 0 Å². The number of hydrogen-bond acceptors (Lipinski definition) is 5. The van der Waals surface area contributed by atoms with Crippen molar-refractivity contribution in [2.24, 2.45) is 0 Å². The molecule has 0 aliphatic carbocycles. The Hall–Kier alpha value is -2.92. The third-order valence-corrected chi connectivity index (χ3v) is 4.66. The van der Waals surface area contributed by atoms with Gasteiger partial charge in [0.1, 0.15) is 17.7 Å². The zero-order valence-corrected chi connectivity index (χ0v) is 16.6. The van der Waals surface area contributed by atoms with E-state index in [9.17, 15) is 5.11 Å². The van der Waals surface area contributed by atoms with Gasteiger partial charge < -0.3 is 14.7 Å². The molecule has 0 radical (unpaired) electrons. The number of pyridine rings is 2. The van der Waals surface area contributed by atoms with Gasteiger partial charge in [0.25, 0.3) is 0 Å². The largest absolute Gasteiger partial charge is 0.488 e. The van der Waals surface area contributed by atoms with E-state index in [0.717, 1.165) is 34.8 Å². The Balaban J connectivity index is 1.58. The number of ether oxygens (including phenoxy) is 1. The molecular formula is C23H27N3O2. The van der Waals surface area contributed by atoms with Crippen molar-refractivity contribution in [3.63, 3.8) is 0 Å². The van der Waals surface area contributed by atoms with Crippen LogP contribution in [0.4, 0.5) is 5.82 Å². The van der Waals surface area contributed by atoms with Crippen molar-refractivity contribution in [3.8, 4) is 17.0 Å². The van der Waals surface area contributed by atoms with Crippen LogP contribution in [0.3, 0.4) is 0 Å². The number of aliphatic hydroxyl groups excluding tert-OH is 1. The molecule has 0 amide bonds. The van der Waals surface area contributed by atoms with Gasteiger partial charge in [-0.25, -0.2) is 4.98 Å². The lowest BCUT2D eigenvalue weighted by Crippen LogP contribution is -2.29. The summed E-state index contributed by atoms with van der Waals surface area (Å²) in [6.45, 7) is 1.89. The second-order valence-electron chi connectivity index (χ2n) is 7.09. The summed E-state index contributed by atoms with van der Waals surface area (Å²) in [5, 5.41) is 10.4. The van der Waals surface area contributed by atoms with Crippen LogP contribution in [0.1, 0.15) is 18.9 Å². The van der Waals surface area contributed by atoms with Crippen LogP contribution >= 0.6 is 0 Å².